The smallest absolute Gasteiger partial charge is 0.327 e. The van der Waals surface area contributed by atoms with Gasteiger partial charge in [-0.15, -0.1) is 0 Å². The van der Waals surface area contributed by atoms with Crippen LogP contribution in [0.4, 0.5) is 0 Å². The molecule has 2 amide bonds. The molecule has 2 radical (unpaired) electrons. The van der Waals surface area contributed by atoms with Crippen LogP contribution >= 0.6 is 0 Å². The van der Waals surface area contributed by atoms with Crippen molar-refractivity contribution in [3.8, 4) is 0 Å². The van der Waals surface area contributed by atoms with Gasteiger partial charge in [0.1, 0.15) is 6.04 Å². The number of carbonyl (C=O) groups is 3. The molecule has 1 aromatic carbocycles. The van der Waals surface area contributed by atoms with Gasteiger partial charge in [-0.2, -0.15) is 0 Å². The maximum Gasteiger partial charge on any atom is 0.327 e. The molecule has 1 aromatic rings. The summed E-state index contributed by atoms with van der Waals surface area (Å²) in [6.07, 6.45) is 0. The van der Waals surface area contributed by atoms with Crippen LogP contribution in [0.2, 0.25) is 0 Å². The van der Waals surface area contributed by atoms with Crippen LogP contribution in [0.3, 0.4) is 0 Å². The molecule has 118 valence electrons. The predicted octanol–water partition coefficient (Wildman–Crippen LogP) is 1.78. The molecule has 2 rings (SSSR count). The molecule has 1 aliphatic heterocycles. The zero-order chi connectivity index (χ0) is 14.4. The van der Waals surface area contributed by atoms with Gasteiger partial charge in [0.05, 0.1) is 11.1 Å². The van der Waals surface area contributed by atoms with E-state index in [4.69, 9.17) is 0 Å². The molecule has 0 unspecified atom stereocenters. The summed E-state index contributed by atoms with van der Waals surface area (Å²) >= 11 is 0. The number of benzene rings is 1. The second kappa shape index (κ2) is 6.89. The summed E-state index contributed by atoms with van der Waals surface area (Å²) in [7, 11) is 0. The topological polar surface area (TPSA) is 74.7 Å². The minimum Gasteiger partial charge on any atom is -0.480 e. The Bertz CT molecular complexity index is 546. The van der Waals surface area contributed by atoms with Crippen LogP contribution in [0.5, 0.6) is 0 Å². The Kier molecular flexibility index (Phi) is 6.59. The molecule has 0 saturated carbocycles. The second-order valence-electron chi connectivity index (χ2n) is 5.63. The van der Waals surface area contributed by atoms with Crippen LogP contribution in [0.1, 0.15) is 41.5 Å². The monoisotopic (exact) mass is 467 g/mol. The van der Waals surface area contributed by atoms with Gasteiger partial charge < -0.3 is 5.11 Å². The number of carbonyl (C=O) groups excluding carboxylic acids is 2. The van der Waals surface area contributed by atoms with Gasteiger partial charge in [0, 0.05) is 39.0 Å². The Morgan fingerprint density at radius 3 is 1.71 bits per heavy atom. The van der Waals surface area contributed by atoms with Crippen LogP contribution in [0, 0.1) is 5.41 Å². The van der Waals surface area contributed by atoms with Gasteiger partial charge in [0.15, 0.2) is 0 Å². The van der Waals surface area contributed by atoms with Crippen LogP contribution < -0.4 is 0 Å². The first kappa shape index (κ1) is 20.1. The summed E-state index contributed by atoms with van der Waals surface area (Å²) in [5, 5.41) is 9.34. The van der Waals surface area contributed by atoms with Gasteiger partial charge in [-0.3, -0.25) is 14.5 Å². The number of carboxylic acid groups (broad SMARTS) is 1. The van der Waals surface area contributed by atoms with Gasteiger partial charge in [-0.25, -0.2) is 4.79 Å². The van der Waals surface area contributed by atoms with Crippen molar-refractivity contribution >= 4 is 17.8 Å². The number of aliphatic carboxylic acids is 1. The third-order valence-electron chi connectivity index (χ3n) is 3.14. The molecule has 1 atom stereocenters. The van der Waals surface area contributed by atoms with E-state index in [0.717, 1.165) is 4.90 Å². The second-order valence-corrected chi connectivity index (χ2v) is 5.63. The van der Waals surface area contributed by atoms with Crippen molar-refractivity contribution in [3.63, 3.8) is 0 Å². The summed E-state index contributed by atoms with van der Waals surface area (Å²) in [6, 6.07) is 5.20. The summed E-state index contributed by atoms with van der Waals surface area (Å²) in [5.74, 6) is -2.26. The fraction of sp³-hybridized carbons (Fsp3) is 0.357. The van der Waals surface area contributed by atoms with E-state index >= 15 is 0 Å². The van der Waals surface area contributed by atoms with E-state index in [0.29, 0.717) is 0 Å². The van der Waals surface area contributed by atoms with Crippen molar-refractivity contribution in [2.75, 3.05) is 0 Å². The van der Waals surface area contributed by atoms with Crippen molar-refractivity contribution < 1.29 is 58.4 Å². The van der Waals surface area contributed by atoms with Gasteiger partial charge in [0.25, 0.3) is 11.8 Å². The van der Waals surface area contributed by atoms with E-state index in [-0.39, 0.29) is 50.1 Å². The first-order valence-electron chi connectivity index (χ1n) is 5.95. The fourth-order valence-corrected chi connectivity index (χ4v) is 2.31. The van der Waals surface area contributed by atoms with E-state index in [1.165, 1.54) is 12.1 Å². The quantitative estimate of drug-likeness (QED) is 0.532. The molecule has 7 heteroatoms. The van der Waals surface area contributed by atoms with Crippen molar-refractivity contribution in [1.29, 1.82) is 0 Å². The summed E-state index contributed by atoms with van der Waals surface area (Å²) in [4.78, 5) is 36.8. The van der Waals surface area contributed by atoms with E-state index in [2.05, 4.69) is 0 Å². The average molecular weight is 467 g/mol. The number of rotatable bonds is 2. The average Bonchev–Trinajstić information content (AvgIpc) is 2.53. The molecule has 0 fully saturated rings. The zero-order valence-corrected chi connectivity index (χ0v) is 14.9. The minimum atomic E-state index is -1.18. The first-order valence-corrected chi connectivity index (χ1v) is 5.95. The first-order chi connectivity index (χ1) is 8.75. The molecule has 0 bridgehead atoms. The Labute approximate surface area is 148 Å². The van der Waals surface area contributed by atoms with Gasteiger partial charge in [0.2, 0.25) is 0 Å². The van der Waals surface area contributed by atoms with Crippen LogP contribution in [0.15, 0.2) is 24.3 Å². The van der Waals surface area contributed by atoms with Crippen LogP contribution in [-0.4, -0.2) is 33.8 Å². The largest absolute Gasteiger partial charge is 0.480 e. The molecule has 1 N–H and O–H groups in total. The minimum absolute atomic E-state index is 0. The SMILES string of the molecule is CC(C)(C)[C@@H](C(=O)O)N1C(=O)c2ccccc2C1=O.[Rh].[Rh]. The molecule has 21 heavy (non-hydrogen) atoms. The summed E-state index contributed by atoms with van der Waals surface area (Å²) in [5.41, 5.74) is -0.204. The molecule has 1 heterocycles. The van der Waals surface area contributed by atoms with Crippen molar-refractivity contribution in [3.05, 3.63) is 35.4 Å². The molecule has 5 nitrogen and oxygen atoms in total. The summed E-state index contributed by atoms with van der Waals surface area (Å²) < 4.78 is 0. The molecule has 1 aliphatic rings. The zero-order valence-electron chi connectivity index (χ0n) is 11.7. The van der Waals surface area contributed by atoms with Crippen molar-refractivity contribution in [2.45, 2.75) is 26.8 Å². The van der Waals surface area contributed by atoms with Crippen LogP contribution in [0.25, 0.3) is 0 Å². The third kappa shape index (κ3) is 3.46. The normalized spacial score (nSPS) is 14.9. The molecule has 0 aromatic heterocycles. The number of hydrogen-bond donors (Lipinski definition) is 1. The van der Waals surface area contributed by atoms with Gasteiger partial charge in [-0.1, -0.05) is 32.9 Å². The maximum absolute atomic E-state index is 12.2. The van der Waals surface area contributed by atoms with Crippen molar-refractivity contribution in [2.24, 2.45) is 5.41 Å². The number of hydrogen-bond acceptors (Lipinski definition) is 3. The number of nitrogens with zero attached hydrogens (tertiary/aromatic N) is 1. The standard InChI is InChI=1S/C14H15NO4.2Rh/c1-14(2,3)10(13(18)19)15-11(16)8-6-4-5-7-9(8)12(15)17;;/h4-7,10H,1-3H3,(H,18,19);;/t10-;;/m1../s1. The van der Waals surface area contributed by atoms with E-state index in [9.17, 15) is 19.5 Å². The number of imide groups is 1. The van der Waals surface area contributed by atoms with E-state index < -0.39 is 29.2 Å². The number of carboxylic acids is 1. The predicted molar refractivity (Wildman–Crippen MR) is 67.8 cm³/mol. The molecular weight excluding hydrogens is 452 g/mol. The molecule has 0 aliphatic carbocycles. The molecule has 0 saturated heterocycles. The van der Waals surface area contributed by atoms with E-state index in [1.54, 1.807) is 32.9 Å². The number of fused-ring (bicyclic) bond motifs is 1. The maximum atomic E-state index is 12.2. The Morgan fingerprint density at radius 1 is 1.05 bits per heavy atom. The third-order valence-corrected chi connectivity index (χ3v) is 3.14. The number of amides is 2. The molecule has 0 spiro atoms. The van der Waals surface area contributed by atoms with Gasteiger partial charge >= 0.3 is 5.97 Å². The van der Waals surface area contributed by atoms with E-state index in [1.807, 2.05) is 0 Å². The Hall–Kier alpha value is -0.923. The Morgan fingerprint density at radius 2 is 1.43 bits per heavy atom. The van der Waals surface area contributed by atoms with Crippen molar-refractivity contribution in [1.82, 2.24) is 4.90 Å². The molecular formula is C14H15NO4Rh2. The summed E-state index contributed by atoms with van der Waals surface area (Å²) in [6.45, 7) is 5.07. The Balaban J connectivity index is 0.00000200. The van der Waals surface area contributed by atoms with Crippen LogP contribution in [-0.2, 0) is 43.8 Å². The fourth-order valence-electron chi connectivity index (χ4n) is 2.31. The van der Waals surface area contributed by atoms with Gasteiger partial charge in [-0.05, 0) is 17.5 Å².